The molecule has 0 aliphatic carbocycles. The van der Waals surface area contributed by atoms with Crippen LogP contribution in [0.5, 0.6) is 0 Å². The van der Waals surface area contributed by atoms with Crippen molar-refractivity contribution in [1.82, 2.24) is 19.1 Å². The summed E-state index contributed by atoms with van der Waals surface area (Å²) < 4.78 is 10.9. The number of rotatable bonds is 4. The van der Waals surface area contributed by atoms with Gasteiger partial charge in [0.2, 0.25) is 0 Å². The van der Waals surface area contributed by atoms with Gasteiger partial charge in [0.05, 0.1) is 27.8 Å². The molecule has 5 heterocycles. The number of benzene rings is 6. The van der Waals surface area contributed by atoms with E-state index in [-0.39, 0.29) is 0 Å². The fourth-order valence-corrected chi connectivity index (χ4v) is 7.87. The van der Waals surface area contributed by atoms with Crippen molar-refractivity contribution < 1.29 is 4.42 Å². The molecule has 238 valence electrons. The minimum atomic E-state index is 0.875. The molecule has 0 aliphatic rings. The number of hydrogen-bond acceptors (Lipinski definition) is 3. The first kappa shape index (κ1) is 27.9. The van der Waals surface area contributed by atoms with E-state index in [1.54, 1.807) is 0 Å². The summed E-state index contributed by atoms with van der Waals surface area (Å²) in [6.45, 7) is 0. The maximum atomic E-state index is 6.22. The fraction of sp³-hybridized carbons (Fsp3) is 0. The van der Waals surface area contributed by atoms with Crippen molar-refractivity contribution in [2.24, 2.45) is 0 Å². The van der Waals surface area contributed by atoms with Crippen LogP contribution in [0.25, 0.3) is 99.6 Å². The SMILES string of the molecule is c1ccc(-c2ccc3c(n2)c2ncccc2n3-c2cc(-c3ccc4oc5ccccc5c4c3)cc(-n3c4ccccc4c4ccccc43)c2)cc1. The average molecular weight is 653 g/mol. The molecular formula is C46H28N4O. The van der Waals surface area contributed by atoms with Crippen LogP contribution in [0.4, 0.5) is 0 Å². The van der Waals surface area contributed by atoms with Crippen molar-refractivity contribution in [3.05, 3.63) is 170 Å². The lowest BCUT2D eigenvalue weighted by molar-refractivity contribution is 0.669. The number of pyridine rings is 2. The fourth-order valence-electron chi connectivity index (χ4n) is 7.87. The third kappa shape index (κ3) is 4.22. The quantitative estimate of drug-likeness (QED) is 0.190. The molecule has 11 aromatic rings. The van der Waals surface area contributed by atoms with E-state index in [0.717, 1.165) is 88.8 Å². The van der Waals surface area contributed by atoms with Crippen molar-refractivity contribution >= 4 is 65.8 Å². The molecule has 0 unspecified atom stereocenters. The van der Waals surface area contributed by atoms with Crippen molar-refractivity contribution in [2.45, 2.75) is 0 Å². The summed E-state index contributed by atoms with van der Waals surface area (Å²) in [6, 6.07) is 57.8. The Kier molecular flexibility index (Phi) is 5.89. The van der Waals surface area contributed by atoms with Crippen molar-refractivity contribution in [2.75, 3.05) is 0 Å². The number of aromatic nitrogens is 4. The Balaban J connectivity index is 1.22. The predicted octanol–water partition coefficient (Wildman–Crippen LogP) is 11.9. The average Bonchev–Trinajstić information content (AvgIpc) is 3.85. The summed E-state index contributed by atoms with van der Waals surface area (Å²) >= 11 is 0. The molecule has 0 bridgehead atoms. The Bertz CT molecular complexity index is 3090. The highest BCUT2D eigenvalue weighted by Crippen LogP contribution is 2.39. The van der Waals surface area contributed by atoms with E-state index >= 15 is 0 Å². The lowest BCUT2D eigenvalue weighted by Gasteiger charge is -2.16. The molecule has 0 aliphatic heterocycles. The molecule has 0 amide bonds. The van der Waals surface area contributed by atoms with E-state index in [4.69, 9.17) is 14.4 Å². The molecule has 5 aromatic heterocycles. The van der Waals surface area contributed by atoms with Crippen LogP contribution >= 0.6 is 0 Å². The highest BCUT2D eigenvalue weighted by atomic mass is 16.3. The monoisotopic (exact) mass is 652 g/mol. The second kappa shape index (κ2) is 10.8. The molecule has 5 heteroatoms. The van der Waals surface area contributed by atoms with Gasteiger partial charge in [0.25, 0.3) is 0 Å². The molecule has 11 rings (SSSR count). The van der Waals surface area contributed by atoms with Crippen molar-refractivity contribution in [3.8, 4) is 33.8 Å². The van der Waals surface area contributed by atoms with Gasteiger partial charge in [-0.1, -0.05) is 91.0 Å². The smallest absolute Gasteiger partial charge is 0.135 e. The summed E-state index contributed by atoms with van der Waals surface area (Å²) in [7, 11) is 0. The van der Waals surface area contributed by atoms with Gasteiger partial charge in [0.15, 0.2) is 0 Å². The lowest BCUT2D eigenvalue weighted by Crippen LogP contribution is -2.00. The van der Waals surface area contributed by atoms with Gasteiger partial charge < -0.3 is 13.6 Å². The van der Waals surface area contributed by atoms with Gasteiger partial charge in [-0.15, -0.1) is 0 Å². The molecule has 0 spiro atoms. The minimum absolute atomic E-state index is 0.875. The molecular weight excluding hydrogens is 625 g/mol. The molecule has 51 heavy (non-hydrogen) atoms. The third-order valence-corrected chi connectivity index (χ3v) is 10.1. The van der Waals surface area contributed by atoms with Gasteiger partial charge in [-0.25, -0.2) is 4.98 Å². The second-order valence-corrected chi connectivity index (χ2v) is 13.1. The molecule has 0 fully saturated rings. The zero-order valence-electron chi connectivity index (χ0n) is 27.4. The molecule has 0 radical (unpaired) electrons. The van der Waals surface area contributed by atoms with Gasteiger partial charge >= 0.3 is 0 Å². The number of hydrogen-bond donors (Lipinski definition) is 0. The lowest BCUT2D eigenvalue weighted by atomic mass is 10.0. The van der Waals surface area contributed by atoms with Gasteiger partial charge in [-0.2, -0.15) is 0 Å². The van der Waals surface area contributed by atoms with Gasteiger partial charge in [0.1, 0.15) is 22.2 Å². The summed E-state index contributed by atoms with van der Waals surface area (Å²) in [6.07, 6.45) is 1.85. The van der Waals surface area contributed by atoms with Crippen LogP contribution in [0.1, 0.15) is 0 Å². The van der Waals surface area contributed by atoms with Crippen LogP contribution in [0.2, 0.25) is 0 Å². The molecule has 5 nitrogen and oxygen atoms in total. The zero-order valence-corrected chi connectivity index (χ0v) is 27.4. The largest absolute Gasteiger partial charge is 0.456 e. The van der Waals surface area contributed by atoms with E-state index in [2.05, 4.69) is 137 Å². The molecule has 0 atom stereocenters. The highest BCUT2D eigenvalue weighted by Gasteiger charge is 2.19. The van der Waals surface area contributed by atoms with E-state index in [0.29, 0.717) is 0 Å². The molecule has 0 saturated carbocycles. The number of nitrogens with zero attached hydrogens (tertiary/aromatic N) is 4. The Morgan fingerprint density at radius 2 is 1.02 bits per heavy atom. The summed E-state index contributed by atoms with van der Waals surface area (Å²) in [5.74, 6) is 0. The Morgan fingerprint density at radius 1 is 0.392 bits per heavy atom. The van der Waals surface area contributed by atoms with E-state index in [9.17, 15) is 0 Å². The van der Waals surface area contributed by atoms with Crippen LogP contribution in [0.15, 0.2) is 174 Å². The van der Waals surface area contributed by atoms with E-state index < -0.39 is 0 Å². The Morgan fingerprint density at radius 3 is 1.80 bits per heavy atom. The Hall–Kier alpha value is -6.98. The second-order valence-electron chi connectivity index (χ2n) is 13.1. The molecule has 0 saturated heterocycles. The highest BCUT2D eigenvalue weighted by molar-refractivity contribution is 6.10. The molecule has 6 aromatic carbocycles. The van der Waals surface area contributed by atoms with E-state index in [1.165, 1.54) is 10.8 Å². The van der Waals surface area contributed by atoms with Crippen LogP contribution in [0, 0.1) is 0 Å². The zero-order chi connectivity index (χ0) is 33.5. The van der Waals surface area contributed by atoms with Crippen molar-refractivity contribution in [3.63, 3.8) is 0 Å². The molecule has 0 N–H and O–H groups in total. The van der Waals surface area contributed by atoms with Crippen LogP contribution in [0.3, 0.4) is 0 Å². The minimum Gasteiger partial charge on any atom is -0.456 e. The first-order valence-electron chi connectivity index (χ1n) is 17.2. The Labute approximate surface area is 292 Å². The first-order chi connectivity index (χ1) is 25.3. The van der Waals surface area contributed by atoms with Crippen LogP contribution < -0.4 is 0 Å². The van der Waals surface area contributed by atoms with Crippen LogP contribution in [-0.4, -0.2) is 19.1 Å². The van der Waals surface area contributed by atoms with Gasteiger partial charge in [0, 0.05) is 44.7 Å². The summed E-state index contributed by atoms with van der Waals surface area (Å²) in [5.41, 5.74) is 14.2. The predicted molar refractivity (Wildman–Crippen MR) is 209 cm³/mol. The van der Waals surface area contributed by atoms with Gasteiger partial charge in [-0.3, -0.25) is 4.98 Å². The standard InChI is InChI=1S/C46H28N4O/c1-2-11-29(12-3-1)38-21-22-42-46(48-38)45-41(18-10-24-47-45)50(42)33-26-31(30-20-23-44-37(27-30)36-15-6-9-19-43(36)51-44)25-32(28-33)49-39-16-7-4-13-34(39)35-14-5-8-17-40(35)49/h1-28H. The first-order valence-corrected chi connectivity index (χ1v) is 17.2. The number of para-hydroxylation sites is 3. The van der Waals surface area contributed by atoms with Crippen LogP contribution in [-0.2, 0) is 0 Å². The third-order valence-electron chi connectivity index (χ3n) is 10.1. The topological polar surface area (TPSA) is 48.8 Å². The number of furan rings is 1. The summed E-state index contributed by atoms with van der Waals surface area (Å²) in [4.78, 5) is 10.1. The maximum Gasteiger partial charge on any atom is 0.135 e. The van der Waals surface area contributed by atoms with E-state index in [1.807, 2.05) is 42.6 Å². The summed E-state index contributed by atoms with van der Waals surface area (Å²) in [5, 5.41) is 4.67. The normalized spacial score (nSPS) is 11.9. The maximum absolute atomic E-state index is 6.22. The van der Waals surface area contributed by atoms with Crippen molar-refractivity contribution in [1.29, 1.82) is 0 Å². The number of fused-ring (bicyclic) bond motifs is 9. The van der Waals surface area contributed by atoms with Gasteiger partial charge in [-0.05, 0) is 83.9 Å².